The molecule has 0 unspecified atom stereocenters. The largest absolute Gasteiger partial charge is 0.316 e. The van der Waals surface area contributed by atoms with Crippen LogP contribution in [-0.2, 0) is 4.79 Å². The number of rotatable bonds is 1. The van der Waals surface area contributed by atoms with Crippen LogP contribution in [0.15, 0.2) is 18.7 Å². The Hall–Kier alpha value is -1.49. The predicted octanol–water partition coefficient (Wildman–Crippen LogP) is 0.583. The van der Waals surface area contributed by atoms with Gasteiger partial charge in [0.1, 0.15) is 6.33 Å². The third-order valence-electron chi connectivity index (χ3n) is 3.84. The van der Waals surface area contributed by atoms with Gasteiger partial charge in [-0.15, -0.1) is 0 Å². The van der Waals surface area contributed by atoms with Crippen LogP contribution in [0.5, 0.6) is 0 Å². The highest BCUT2D eigenvalue weighted by atomic mass is 16.2. The van der Waals surface area contributed by atoms with Gasteiger partial charge < -0.3 is 10.2 Å². The Morgan fingerprint density at radius 1 is 1.29 bits per heavy atom. The summed E-state index contributed by atoms with van der Waals surface area (Å²) in [5.74, 6) is 0.236. The second-order valence-electron chi connectivity index (χ2n) is 4.86. The molecule has 3 rings (SSSR count). The Bertz CT molecular complexity index is 414. The van der Waals surface area contributed by atoms with Crippen molar-refractivity contribution in [1.29, 1.82) is 0 Å². The van der Waals surface area contributed by atoms with E-state index in [1.165, 1.54) is 6.33 Å². The molecule has 0 bridgehead atoms. The molecular weight excluding hydrogens is 216 g/mol. The molecule has 1 aromatic rings. The highest BCUT2D eigenvalue weighted by Gasteiger charge is 2.47. The van der Waals surface area contributed by atoms with Crippen LogP contribution in [0, 0.1) is 5.41 Å². The Labute approximate surface area is 100 Å². The predicted molar refractivity (Wildman–Crippen MR) is 63.5 cm³/mol. The fourth-order valence-corrected chi connectivity index (χ4v) is 2.86. The molecule has 3 heterocycles. The minimum atomic E-state index is -0.173. The van der Waals surface area contributed by atoms with E-state index < -0.39 is 0 Å². The molecule has 2 aliphatic rings. The van der Waals surface area contributed by atoms with Gasteiger partial charge in [-0.3, -0.25) is 4.79 Å². The molecule has 0 aromatic carbocycles. The summed E-state index contributed by atoms with van der Waals surface area (Å²) >= 11 is 0. The van der Waals surface area contributed by atoms with Crippen LogP contribution >= 0.6 is 0 Å². The number of carbonyl (C=O) groups is 1. The van der Waals surface area contributed by atoms with Gasteiger partial charge >= 0.3 is 0 Å². The molecule has 1 N–H and O–H groups in total. The number of carbonyl (C=O) groups excluding carboxylic acids is 1. The topological polar surface area (TPSA) is 58.1 Å². The Morgan fingerprint density at radius 3 is 2.82 bits per heavy atom. The molecule has 2 aliphatic heterocycles. The quantitative estimate of drug-likeness (QED) is 0.769. The molecule has 0 aliphatic carbocycles. The Kier molecular flexibility index (Phi) is 2.55. The van der Waals surface area contributed by atoms with Crippen molar-refractivity contribution in [2.45, 2.75) is 19.3 Å². The van der Waals surface area contributed by atoms with Gasteiger partial charge in [0.05, 0.1) is 23.5 Å². The van der Waals surface area contributed by atoms with Gasteiger partial charge in [0, 0.05) is 13.1 Å². The van der Waals surface area contributed by atoms with Gasteiger partial charge in [-0.05, 0) is 25.8 Å². The highest BCUT2D eigenvalue weighted by Crippen LogP contribution is 2.39. The van der Waals surface area contributed by atoms with Crippen LogP contribution in [0.4, 0.5) is 5.69 Å². The van der Waals surface area contributed by atoms with Crippen molar-refractivity contribution < 1.29 is 4.79 Å². The van der Waals surface area contributed by atoms with Gasteiger partial charge in [0.2, 0.25) is 5.91 Å². The normalized spacial score (nSPS) is 28.9. The minimum Gasteiger partial charge on any atom is -0.316 e. The summed E-state index contributed by atoms with van der Waals surface area (Å²) < 4.78 is 0. The standard InChI is InChI=1S/C12H16N4O/c17-11-12(2-1-4-13-8-12)3-5-16(11)10-6-14-9-15-7-10/h6-7,9,13H,1-5,8H2/t12-/m1/s1. The molecule has 17 heavy (non-hydrogen) atoms. The van der Waals surface area contributed by atoms with Gasteiger partial charge in [-0.25, -0.2) is 9.97 Å². The van der Waals surface area contributed by atoms with Crippen molar-refractivity contribution in [2.24, 2.45) is 5.41 Å². The van der Waals surface area contributed by atoms with Crippen molar-refractivity contribution in [2.75, 3.05) is 24.5 Å². The summed E-state index contributed by atoms with van der Waals surface area (Å²) in [6, 6.07) is 0. The van der Waals surface area contributed by atoms with Crippen molar-refractivity contribution in [3.63, 3.8) is 0 Å². The number of nitrogens with one attached hydrogen (secondary N) is 1. The number of aromatic nitrogens is 2. The first-order valence-electron chi connectivity index (χ1n) is 6.10. The van der Waals surface area contributed by atoms with Crippen molar-refractivity contribution in [3.8, 4) is 0 Å². The number of nitrogens with zero attached hydrogens (tertiary/aromatic N) is 3. The lowest BCUT2D eigenvalue weighted by molar-refractivity contribution is -0.126. The third kappa shape index (κ3) is 1.70. The fourth-order valence-electron chi connectivity index (χ4n) is 2.86. The minimum absolute atomic E-state index is 0.173. The molecule has 0 radical (unpaired) electrons. The Morgan fingerprint density at radius 2 is 2.12 bits per heavy atom. The molecule has 1 spiro atoms. The average Bonchev–Trinajstić information content (AvgIpc) is 2.70. The number of anilines is 1. The molecule has 5 nitrogen and oxygen atoms in total. The maximum absolute atomic E-state index is 12.5. The van der Waals surface area contributed by atoms with Gasteiger partial charge in [0.15, 0.2) is 0 Å². The average molecular weight is 232 g/mol. The first kappa shape index (κ1) is 10.7. The van der Waals surface area contributed by atoms with Crippen LogP contribution in [0.3, 0.4) is 0 Å². The third-order valence-corrected chi connectivity index (χ3v) is 3.84. The lowest BCUT2D eigenvalue weighted by Gasteiger charge is -2.32. The van der Waals surface area contributed by atoms with Crippen LogP contribution in [0.2, 0.25) is 0 Å². The first-order valence-corrected chi connectivity index (χ1v) is 6.10. The summed E-state index contributed by atoms with van der Waals surface area (Å²) in [4.78, 5) is 22.3. The van der Waals surface area contributed by atoms with Gasteiger partial charge in [0.25, 0.3) is 0 Å². The molecule has 2 fully saturated rings. The summed E-state index contributed by atoms with van der Waals surface area (Å²) in [7, 11) is 0. The van der Waals surface area contributed by atoms with Crippen LogP contribution in [-0.4, -0.2) is 35.5 Å². The zero-order valence-electron chi connectivity index (χ0n) is 9.72. The van der Waals surface area contributed by atoms with E-state index in [2.05, 4.69) is 15.3 Å². The second kappa shape index (κ2) is 4.07. The van der Waals surface area contributed by atoms with E-state index in [4.69, 9.17) is 0 Å². The zero-order valence-corrected chi connectivity index (χ0v) is 9.72. The van der Waals surface area contributed by atoms with E-state index in [0.717, 1.165) is 44.6 Å². The molecule has 5 heteroatoms. The number of hydrogen-bond donors (Lipinski definition) is 1. The number of piperidine rings is 1. The summed E-state index contributed by atoms with van der Waals surface area (Å²) in [5, 5.41) is 3.34. The summed E-state index contributed by atoms with van der Waals surface area (Å²) in [5.41, 5.74) is 0.647. The molecular formula is C12H16N4O. The molecule has 1 atom stereocenters. The highest BCUT2D eigenvalue weighted by molar-refractivity contribution is 5.99. The lowest BCUT2D eigenvalue weighted by atomic mass is 9.79. The van der Waals surface area contributed by atoms with E-state index in [1.807, 2.05) is 4.90 Å². The van der Waals surface area contributed by atoms with Crippen molar-refractivity contribution in [1.82, 2.24) is 15.3 Å². The van der Waals surface area contributed by atoms with E-state index in [0.29, 0.717) is 0 Å². The molecule has 90 valence electrons. The smallest absolute Gasteiger partial charge is 0.234 e. The first-order chi connectivity index (χ1) is 8.32. The molecule has 1 aromatic heterocycles. The van der Waals surface area contributed by atoms with E-state index >= 15 is 0 Å². The molecule has 0 saturated carbocycles. The maximum atomic E-state index is 12.5. The zero-order chi connectivity index (χ0) is 11.7. The maximum Gasteiger partial charge on any atom is 0.234 e. The van der Waals surface area contributed by atoms with Crippen LogP contribution in [0.1, 0.15) is 19.3 Å². The number of hydrogen-bond acceptors (Lipinski definition) is 4. The SMILES string of the molecule is O=C1N(c2cncnc2)CC[C@@]12CCCNC2. The summed E-state index contributed by atoms with van der Waals surface area (Å²) in [6.07, 6.45) is 7.93. The van der Waals surface area contributed by atoms with E-state index in [9.17, 15) is 4.79 Å². The van der Waals surface area contributed by atoms with Crippen LogP contribution in [0.25, 0.3) is 0 Å². The monoisotopic (exact) mass is 232 g/mol. The second-order valence-corrected chi connectivity index (χ2v) is 4.86. The van der Waals surface area contributed by atoms with E-state index in [-0.39, 0.29) is 11.3 Å². The van der Waals surface area contributed by atoms with Crippen LogP contribution < -0.4 is 10.2 Å². The molecule has 2 saturated heterocycles. The van der Waals surface area contributed by atoms with Gasteiger partial charge in [-0.2, -0.15) is 0 Å². The summed E-state index contributed by atoms with van der Waals surface area (Å²) in [6.45, 7) is 2.63. The van der Waals surface area contributed by atoms with Gasteiger partial charge in [-0.1, -0.05) is 0 Å². The van der Waals surface area contributed by atoms with E-state index in [1.54, 1.807) is 12.4 Å². The number of amides is 1. The lowest BCUT2D eigenvalue weighted by Crippen LogP contribution is -2.45. The van der Waals surface area contributed by atoms with Crippen molar-refractivity contribution >= 4 is 11.6 Å². The van der Waals surface area contributed by atoms with Crippen molar-refractivity contribution in [3.05, 3.63) is 18.7 Å². The fraction of sp³-hybridized carbons (Fsp3) is 0.583. The Balaban J connectivity index is 1.85. The molecule has 1 amide bonds.